The lowest BCUT2D eigenvalue weighted by Gasteiger charge is -2.32. The number of carbonyl (C=O) groups is 2. The molecule has 8 heteroatoms. The summed E-state index contributed by atoms with van der Waals surface area (Å²) in [6.45, 7) is 10.1. The van der Waals surface area contributed by atoms with Crippen molar-refractivity contribution in [1.29, 1.82) is 0 Å². The number of benzene rings is 1. The molecule has 148 valence electrons. The predicted octanol–water partition coefficient (Wildman–Crippen LogP) is 0.535. The third-order valence-electron chi connectivity index (χ3n) is 5.06. The number of rotatable bonds is 8. The van der Waals surface area contributed by atoms with Gasteiger partial charge in [-0.2, -0.15) is 0 Å². The highest BCUT2D eigenvalue weighted by atomic mass is 16.7. The molecule has 3 N–H and O–H groups in total. The van der Waals surface area contributed by atoms with Gasteiger partial charge in [-0.05, 0) is 45.6 Å². The molecular weight excluding hydrogens is 347 g/mol. The van der Waals surface area contributed by atoms with E-state index in [9.17, 15) is 9.59 Å². The summed E-state index contributed by atoms with van der Waals surface area (Å²) in [6, 6.07) is 6.77. The van der Waals surface area contributed by atoms with Crippen LogP contribution in [-0.2, 0) is 30.1 Å². The smallest absolute Gasteiger partial charge is 0.399 e. The first-order valence-corrected chi connectivity index (χ1v) is 9.16. The van der Waals surface area contributed by atoms with E-state index in [0.717, 1.165) is 11.0 Å². The number of nitrogens with one attached hydrogen (secondary N) is 1. The molecule has 27 heavy (non-hydrogen) atoms. The van der Waals surface area contributed by atoms with E-state index in [2.05, 4.69) is 5.32 Å². The summed E-state index contributed by atoms with van der Waals surface area (Å²) >= 11 is 0. The van der Waals surface area contributed by atoms with Crippen molar-refractivity contribution in [1.82, 2.24) is 5.32 Å². The molecule has 0 unspecified atom stereocenters. The fourth-order valence-electron chi connectivity index (χ4n) is 2.68. The molecule has 1 saturated heterocycles. The topological polar surface area (TPSA) is 99.9 Å². The van der Waals surface area contributed by atoms with Crippen molar-refractivity contribution in [2.24, 2.45) is 5.73 Å². The molecule has 0 radical (unpaired) electrons. The molecule has 1 fully saturated rings. The van der Waals surface area contributed by atoms with Crippen molar-refractivity contribution in [2.45, 2.75) is 58.3 Å². The Morgan fingerprint density at radius 3 is 2.19 bits per heavy atom. The summed E-state index contributed by atoms with van der Waals surface area (Å²) in [7, 11) is -0.443. The average molecular weight is 376 g/mol. The van der Waals surface area contributed by atoms with E-state index in [0.29, 0.717) is 13.0 Å². The Morgan fingerprint density at radius 2 is 1.70 bits per heavy atom. The van der Waals surface area contributed by atoms with Crippen molar-refractivity contribution in [3.05, 3.63) is 29.8 Å². The number of hydrogen-bond acceptors (Lipinski definition) is 5. The molecule has 0 aromatic heterocycles. The fraction of sp³-hybridized carbons (Fsp3) is 0.579. The maximum Gasteiger partial charge on any atom is 0.494 e. The van der Waals surface area contributed by atoms with Crippen molar-refractivity contribution in [3.8, 4) is 0 Å². The number of amides is 2. The molecule has 0 spiro atoms. The zero-order valence-corrected chi connectivity index (χ0v) is 16.7. The largest absolute Gasteiger partial charge is 0.494 e. The van der Waals surface area contributed by atoms with Gasteiger partial charge in [0, 0.05) is 13.0 Å². The summed E-state index contributed by atoms with van der Waals surface area (Å²) in [6.07, 6.45) is 0.302. The van der Waals surface area contributed by atoms with Crippen molar-refractivity contribution >= 4 is 24.4 Å². The molecule has 1 aromatic rings. The molecule has 1 aliphatic heterocycles. The molecule has 2 rings (SSSR count). The minimum Gasteiger partial charge on any atom is -0.399 e. The van der Waals surface area contributed by atoms with Gasteiger partial charge in [-0.15, -0.1) is 0 Å². The molecule has 0 saturated carbocycles. The van der Waals surface area contributed by atoms with E-state index in [1.54, 1.807) is 6.92 Å². The van der Waals surface area contributed by atoms with Crippen LogP contribution in [-0.4, -0.2) is 49.4 Å². The van der Waals surface area contributed by atoms with E-state index in [1.807, 2.05) is 52.0 Å². The highest BCUT2D eigenvalue weighted by Gasteiger charge is 2.51. The molecule has 2 amide bonds. The summed E-state index contributed by atoms with van der Waals surface area (Å²) in [5.41, 5.74) is 6.37. The molecule has 1 aromatic carbocycles. The maximum absolute atomic E-state index is 11.8. The first-order valence-electron chi connectivity index (χ1n) is 9.16. The number of nitrogens with two attached hydrogens (primary N) is 1. The number of ether oxygens (including phenoxy) is 1. The Kier molecular flexibility index (Phi) is 6.67. The van der Waals surface area contributed by atoms with E-state index < -0.39 is 30.3 Å². The van der Waals surface area contributed by atoms with Gasteiger partial charge in [0.25, 0.3) is 0 Å². The van der Waals surface area contributed by atoms with Crippen LogP contribution < -0.4 is 16.5 Å². The Labute approximate surface area is 161 Å². The highest BCUT2D eigenvalue weighted by molar-refractivity contribution is 6.62. The van der Waals surface area contributed by atoms with Crippen LogP contribution in [0.5, 0.6) is 0 Å². The van der Waals surface area contributed by atoms with Gasteiger partial charge in [-0.25, -0.2) is 0 Å². The van der Waals surface area contributed by atoms with Crippen LogP contribution in [0.1, 0.15) is 40.2 Å². The van der Waals surface area contributed by atoms with Crippen LogP contribution in [0.15, 0.2) is 24.3 Å². The molecular formula is C19H29BN2O5. The lowest BCUT2D eigenvalue weighted by molar-refractivity contribution is -0.130. The molecule has 0 bridgehead atoms. The lowest BCUT2D eigenvalue weighted by atomic mass is 9.78. The minimum atomic E-state index is -0.791. The van der Waals surface area contributed by atoms with Gasteiger partial charge < -0.3 is 25.1 Å². The van der Waals surface area contributed by atoms with Gasteiger partial charge in [0.05, 0.1) is 11.2 Å². The lowest BCUT2D eigenvalue weighted by Crippen LogP contribution is -2.47. The Morgan fingerprint density at radius 1 is 1.15 bits per heavy atom. The third-order valence-corrected chi connectivity index (χ3v) is 5.06. The Hall–Kier alpha value is -1.90. The van der Waals surface area contributed by atoms with Gasteiger partial charge in [0.1, 0.15) is 12.6 Å². The zero-order chi connectivity index (χ0) is 20.2. The molecule has 1 aliphatic rings. The first-order chi connectivity index (χ1) is 12.6. The van der Waals surface area contributed by atoms with Crippen molar-refractivity contribution < 1.29 is 23.6 Å². The zero-order valence-electron chi connectivity index (χ0n) is 16.7. The second kappa shape index (κ2) is 8.41. The van der Waals surface area contributed by atoms with Crippen LogP contribution >= 0.6 is 0 Å². The van der Waals surface area contributed by atoms with Gasteiger partial charge >= 0.3 is 7.12 Å². The van der Waals surface area contributed by atoms with Crippen LogP contribution in [0.25, 0.3) is 0 Å². The summed E-state index contributed by atoms with van der Waals surface area (Å²) < 4.78 is 17.1. The van der Waals surface area contributed by atoms with Crippen LogP contribution in [0, 0.1) is 0 Å². The van der Waals surface area contributed by atoms with Crippen molar-refractivity contribution in [2.75, 3.05) is 13.2 Å². The minimum absolute atomic E-state index is 0.0961. The highest BCUT2D eigenvalue weighted by Crippen LogP contribution is 2.36. The Bertz CT molecular complexity index is 659. The first kappa shape index (κ1) is 21.4. The van der Waals surface area contributed by atoms with Gasteiger partial charge in [-0.3, -0.25) is 9.59 Å². The Balaban J connectivity index is 2.02. The van der Waals surface area contributed by atoms with E-state index in [4.69, 9.17) is 19.8 Å². The summed E-state index contributed by atoms with van der Waals surface area (Å²) in [5.74, 6) is -0.954. The van der Waals surface area contributed by atoms with E-state index in [1.165, 1.54) is 0 Å². The normalized spacial score (nSPS) is 18.9. The predicted molar refractivity (Wildman–Crippen MR) is 103 cm³/mol. The number of carbonyl (C=O) groups excluding carboxylic acids is 2. The average Bonchev–Trinajstić information content (AvgIpc) is 2.80. The monoisotopic (exact) mass is 376 g/mol. The molecule has 1 heterocycles. The van der Waals surface area contributed by atoms with Crippen LogP contribution in [0.4, 0.5) is 0 Å². The summed E-state index contributed by atoms with van der Waals surface area (Å²) in [4.78, 5) is 23.4. The van der Waals surface area contributed by atoms with Crippen LogP contribution in [0.3, 0.4) is 0 Å². The molecule has 1 atom stereocenters. The maximum atomic E-state index is 11.8. The van der Waals surface area contributed by atoms with E-state index in [-0.39, 0.29) is 12.5 Å². The molecule has 7 nitrogen and oxygen atoms in total. The number of hydrogen-bond donors (Lipinski definition) is 2. The summed E-state index contributed by atoms with van der Waals surface area (Å²) in [5, 5.41) is 2.60. The quantitative estimate of drug-likeness (QED) is 0.645. The van der Waals surface area contributed by atoms with Crippen molar-refractivity contribution in [3.63, 3.8) is 0 Å². The second-order valence-electron chi connectivity index (χ2n) is 7.69. The van der Waals surface area contributed by atoms with Gasteiger partial charge in [-0.1, -0.05) is 24.3 Å². The van der Waals surface area contributed by atoms with Gasteiger partial charge in [0.15, 0.2) is 0 Å². The third kappa shape index (κ3) is 5.31. The standard InChI is InChI=1S/C19H29BN2O5/c1-6-25-12-16(23)22-15(17(21)24)11-13-7-9-14(10-8-13)20-26-18(2,3)19(4,5)27-20/h7-10,15H,6,11-12H2,1-5H3,(H2,21,24)(H,22,23)/t15-/m0/s1. The van der Waals surface area contributed by atoms with Crippen LogP contribution in [0.2, 0.25) is 0 Å². The second-order valence-corrected chi connectivity index (χ2v) is 7.69. The number of primary amides is 1. The SMILES string of the molecule is CCOCC(=O)N[C@@H](Cc1ccc(B2OC(C)(C)C(C)(C)O2)cc1)C(N)=O. The fourth-order valence-corrected chi connectivity index (χ4v) is 2.68. The van der Waals surface area contributed by atoms with E-state index >= 15 is 0 Å². The van der Waals surface area contributed by atoms with Gasteiger partial charge in [0.2, 0.25) is 11.8 Å². The molecule has 0 aliphatic carbocycles.